The summed E-state index contributed by atoms with van der Waals surface area (Å²) in [6, 6.07) is 2.32. The summed E-state index contributed by atoms with van der Waals surface area (Å²) in [6.45, 7) is 3.35. The van der Waals surface area contributed by atoms with Crippen molar-refractivity contribution in [2.45, 2.75) is 18.9 Å². The predicted molar refractivity (Wildman–Crippen MR) is 62.8 cm³/mol. The van der Waals surface area contributed by atoms with E-state index in [-0.39, 0.29) is 11.2 Å². The molecule has 1 fully saturated rings. The fourth-order valence-electron chi connectivity index (χ4n) is 2.06. The van der Waals surface area contributed by atoms with E-state index in [9.17, 15) is 13.6 Å². The Morgan fingerprint density at radius 1 is 1.44 bits per heavy atom. The lowest BCUT2D eigenvalue weighted by Crippen LogP contribution is -2.37. The molecular weight excluding hydrogens is 242 g/mol. The highest BCUT2D eigenvalue weighted by Crippen LogP contribution is 2.26. The SMILES string of the molecule is CC1(Nc2ccc(C(=O)O)c(F)c2F)CCNC1. The maximum atomic E-state index is 13.7. The van der Waals surface area contributed by atoms with E-state index < -0.39 is 23.2 Å². The molecular formula is C12H14F2N2O2. The van der Waals surface area contributed by atoms with Gasteiger partial charge in [-0.15, -0.1) is 0 Å². The summed E-state index contributed by atoms with van der Waals surface area (Å²) in [5, 5.41) is 14.7. The van der Waals surface area contributed by atoms with Crippen LogP contribution in [0.15, 0.2) is 12.1 Å². The van der Waals surface area contributed by atoms with Gasteiger partial charge in [0.1, 0.15) is 0 Å². The van der Waals surface area contributed by atoms with Crippen LogP contribution in [0.5, 0.6) is 0 Å². The van der Waals surface area contributed by atoms with Crippen molar-refractivity contribution in [3.63, 3.8) is 0 Å². The van der Waals surface area contributed by atoms with E-state index in [1.165, 1.54) is 6.07 Å². The molecule has 18 heavy (non-hydrogen) atoms. The molecule has 0 saturated carbocycles. The lowest BCUT2D eigenvalue weighted by Gasteiger charge is -2.26. The van der Waals surface area contributed by atoms with Crippen LogP contribution in [-0.2, 0) is 0 Å². The minimum atomic E-state index is -1.48. The van der Waals surface area contributed by atoms with Crippen molar-refractivity contribution >= 4 is 11.7 Å². The molecule has 1 saturated heterocycles. The van der Waals surface area contributed by atoms with Crippen LogP contribution >= 0.6 is 0 Å². The van der Waals surface area contributed by atoms with Crippen LogP contribution in [0.1, 0.15) is 23.7 Å². The molecule has 1 aliphatic rings. The molecule has 0 spiro atoms. The Kier molecular flexibility index (Phi) is 3.21. The molecule has 1 aliphatic heterocycles. The summed E-state index contributed by atoms with van der Waals surface area (Å²) in [6.07, 6.45) is 0.786. The fourth-order valence-corrected chi connectivity index (χ4v) is 2.06. The Hall–Kier alpha value is -1.69. The summed E-state index contributed by atoms with van der Waals surface area (Å²) in [7, 11) is 0. The standard InChI is InChI=1S/C12H14F2N2O2/c1-12(4-5-15-6-12)16-8-3-2-7(11(17)18)9(13)10(8)14/h2-3,15-16H,4-6H2,1H3,(H,17,18). The summed E-state index contributed by atoms with van der Waals surface area (Å²) in [4.78, 5) is 10.7. The molecule has 4 nitrogen and oxygen atoms in total. The number of hydrogen-bond donors (Lipinski definition) is 3. The van der Waals surface area contributed by atoms with Gasteiger partial charge in [-0.3, -0.25) is 0 Å². The smallest absolute Gasteiger partial charge is 0.338 e. The van der Waals surface area contributed by atoms with E-state index in [4.69, 9.17) is 5.11 Å². The molecule has 0 aromatic heterocycles. The predicted octanol–water partition coefficient (Wildman–Crippen LogP) is 1.83. The van der Waals surface area contributed by atoms with Gasteiger partial charge in [0.25, 0.3) is 0 Å². The maximum Gasteiger partial charge on any atom is 0.338 e. The van der Waals surface area contributed by atoms with Gasteiger partial charge in [-0.2, -0.15) is 0 Å². The molecule has 98 valence electrons. The molecule has 0 radical (unpaired) electrons. The number of carboxylic acid groups (broad SMARTS) is 1. The summed E-state index contributed by atoms with van der Waals surface area (Å²) < 4.78 is 27.2. The van der Waals surface area contributed by atoms with Gasteiger partial charge in [0.05, 0.1) is 11.3 Å². The van der Waals surface area contributed by atoms with Crippen molar-refractivity contribution in [3.05, 3.63) is 29.3 Å². The normalized spacial score (nSPS) is 23.1. The quantitative estimate of drug-likeness (QED) is 0.772. The third-order valence-corrected chi connectivity index (χ3v) is 3.12. The summed E-state index contributed by atoms with van der Waals surface area (Å²) in [5.74, 6) is -3.96. The Morgan fingerprint density at radius 3 is 2.72 bits per heavy atom. The van der Waals surface area contributed by atoms with E-state index in [1.54, 1.807) is 0 Å². The molecule has 1 aromatic rings. The van der Waals surface area contributed by atoms with Gasteiger partial charge in [0, 0.05) is 12.1 Å². The van der Waals surface area contributed by atoms with Crippen LogP contribution in [0.3, 0.4) is 0 Å². The van der Waals surface area contributed by atoms with Crippen LogP contribution in [0, 0.1) is 11.6 Å². The highest BCUT2D eigenvalue weighted by molar-refractivity contribution is 5.88. The molecule has 2 rings (SSSR count). The van der Waals surface area contributed by atoms with E-state index in [0.29, 0.717) is 6.54 Å². The minimum Gasteiger partial charge on any atom is -0.478 e. The van der Waals surface area contributed by atoms with Crippen LogP contribution in [0.2, 0.25) is 0 Å². The zero-order valence-electron chi connectivity index (χ0n) is 9.89. The van der Waals surface area contributed by atoms with Gasteiger partial charge in [0.15, 0.2) is 11.6 Å². The van der Waals surface area contributed by atoms with Crippen LogP contribution in [0.25, 0.3) is 0 Å². The number of nitrogens with one attached hydrogen (secondary N) is 2. The monoisotopic (exact) mass is 256 g/mol. The van der Waals surface area contributed by atoms with Crippen molar-refractivity contribution < 1.29 is 18.7 Å². The third-order valence-electron chi connectivity index (χ3n) is 3.12. The van der Waals surface area contributed by atoms with Crippen molar-refractivity contribution in [3.8, 4) is 0 Å². The van der Waals surface area contributed by atoms with E-state index in [2.05, 4.69) is 10.6 Å². The highest BCUT2D eigenvalue weighted by atomic mass is 19.2. The first-order chi connectivity index (χ1) is 8.43. The molecule has 6 heteroatoms. The van der Waals surface area contributed by atoms with E-state index >= 15 is 0 Å². The number of anilines is 1. The van der Waals surface area contributed by atoms with E-state index in [1.807, 2.05) is 6.92 Å². The van der Waals surface area contributed by atoms with Gasteiger partial charge >= 0.3 is 5.97 Å². The van der Waals surface area contributed by atoms with Crippen LogP contribution in [0.4, 0.5) is 14.5 Å². The average molecular weight is 256 g/mol. The zero-order valence-corrected chi connectivity index (χ0v) is 9.89. The molecule has 0 aliphatic carbocycles. The van der Waals surface area contributed by atoms with Gasteiger partial charge in [-0.05, 0) is 32.0 Å². The number of halogens is 2. The number of carbonyl (C=O) groups is 1. The number of aromatic carboxylic acids is 1. The second kappa shape index (κ2) is 4.53. The lowest BCUT2D eigenvalue weighted by atomic mass is 10.0. The Morgan fingerprint density at radius 2 is 2.17 bits per heavy atom. The largest absolute Gasteiger partial charge is 0.478 e. The summed E-state index contributed by atoms with van der Waals surface area (Å²) >= 11 is 0. The number of carboxylic acids is 1. The Labute approximate surface area is 103 Å². The highest BCUT2D eigenvalue weighted by Gasteiger charge is 2.30. The molecule has 1 aromatic carbocycles. The van der Waals surface area contributed by atoms with Gasteiger partial charge < -0.3 is 15.7 Å². The molecule has 1 unspecified atom stereocenters. The number of rotatable bonds is 3. The number of hydrogen-bond acceptors (Lipinski definition) is 3. The Bertz CT molecular complexity index is 485. The first-order valence-corrected chi connectivity index (χ1v) is 5.63. The second-order valence-electron chi connectivity index (χ2n) is 4.71. The summed E-state index contributed by atoms with van der Waals surface area (Å²) in [5.41, 5.74) is -1.02. The maximum absolute atomic E-state index is 13.7. The van der Waals surface area contributed by atoms with Crippen molar-refractivity contribution in [1.82, 2.24) is 5.32 Å². The van der Waals surface area contributed by atoms with Crippen LogP contribution < -0.4 is 10.6 Å². The zero-order chi connectivity index (χ0) is 13.3. The van der Waals surface area contributed by atoms with Crippen LogP contribution in [-0.4, -0.2) is 29.7 Å². The Balaban J connectivity index is 2.30. The minimum absolute atomic E-state index is 0.0105. The fraction of sp³-hybridized carbons (Fsp3) is 0.417. The van der Waals surface area contributed by atoms with Gasteiger partial charge in [0.2, 0.25) is 0 Å². The molecule has 1 atom stereocenters. The molecule has 0 amide bonds. The van der Waals surface area contributed by atoms with Gasteiger partial charge in [-0.25, -0.2) is 13.6 Å². The second-order valence-corrected chi connectivity index (χ2v) is 4.71. The van der Waals surface area contributed by atoms with Gasteiger partial charge in [-0.1, -0.05) is 0 Å². The van der Waals surface area contributed by atoms with Crippen molar-refractivity contribution in [2.24, 2.45) is 0 Å². The molecule has 1 heterocycles. The van der Waals surface area contributed by atoms with Crippen molar-refractivity contribution in [2.75, 3.05) is 18.4 Å². The first kappa shape index (κ1) is 12.8. The molecule has 3 N–H and O–H groups in total. The number of benzene rings is 1. The van der Waals surface area contributed by atoms with Crippen molar-refractivity contribution in [1.29, 1.82) is 0 Å². The average Bonchev–Trinajstić information content (AvgIpc) is 2.72. The van der Waals surface area contributed by atoms with E-state index in [0.717, 1.165) is 19.0 Å². The topological polar surface area (TPSA) is 61.4 Å². The molecule has 0 bridgehead atoms. The lowest BCUT2D eigenvalue weighted by molar-refractivity contribution is 0.0690. The first-order valence-electron chi connectivity index (χ1n) is 5.63. The third kappa shape index (κ3) is 2.28.